The first-order valence-electron chi connectivity index (χ1n) is 7.83. The van der Waals surface area contributed by atoms with Crippen molar-refractivity contribution in [1.29, 1.82) is 0 Å². The van der Waals surface area contributed by atoms with Crippen LogP contribution in [0.1, 0.15) is 23.0 Å². The summed E-state index contributed by atoms with van der Waals surface area (Å²) in [6.45, 7) is 3.75. The van der Waals surface area contributed by atoms with E-state index >= 15 is 0 Å². The summed E-state index contributed by atoms with van der Waals surface area (Å²) in [7, 11) is -3.34. The molecule has 0 atom stereocenters. The topological polar surface area (TPSA) is 95.7 Å². The molecular formula is C18H17NO6S. The van der Waals surface area contributed by atoms with Gasteiger partial charge in [-0.15, -0.1) is 0 Å². The number of nitrogens with zero attached hydrogens (tertiary/aromatic N) is 1. The molecule has 0 aliphatic carbocycles. The molecule has 2 aromatic heterocycles. The molecule has 0 radical (unpaired) electrons. The van der Waals surface area contributed by atoms with Gasteiger partial charge in [0, 0.05) is 18.5 Å². The van der Waals surface area contributed by atoms with Gasteiger partial charge in [-0.1, -0.05) is 0 Å². The van der Waals surface area contributed by atoms with E-state index in [9.17, 15) is 13.2 Å². The van der Waals surface area contributed by atoms with E-state index < -0.39 is 15.8 Å². The molecule has 0 N–H and O–H groups in total. The Labute approximate surface area is 150 Å². The second-order valence-electron chi connectivity index (χ2n) is 5.67. The van der Waals surface area contributed by atoms with Crippen LogP contribution >= 0.6 is 0 Å². The third kappa shape index (κ3) is 3.70. The summed E-state index contributed by atoms with van der Waals surface area (Å²) in [6.07, 6.45) is 2.32. The van der Waals surface area contributed by atoms with Gasteiger partial charge in [0.05, 0.1) is 22.5 Å². The third-order valence-electron chi connectivity index (χ3n) is 3.59. The number of benzene rings is 1. The normalized spacial score (nSPS) is 11.5. The summed E-state index contributed by atoms with van der Waals surface area (Å²) in [5.74, 6) is 0.723. The SMILES string of the molecule is CCOC(=O)c1cc(Oc2ccc(S(C)(=O)=O)cn2)c2cc(C)oc2c1. The van der Waals surface area contributed by atoms with Gasteiger partial charge in [-0.05, 0) is 38.1 Å². The second-order valence-corrected chi connectivity index (χ2v) is 7.69. The molecule has 0 spiro atoms. The number of furan rings is 1. The Morgan fingerprint density at radius 1 is 1.23 bits per heavy atom. The Balaban J connectivity index is 2.01. The van der Waals surface area contributed by atoms with Crippen LogP contribution in [0.3, 0.4) is 0 Å². The fourth-order valence-electron chi connectivity index (χ4n) is 2.41. The lowest BCUT2D eigenvalue weighted by Gasteiger charge is -2.08. The minimum atomic E-state index is -3.34. The van der Waals surface area contributed by atoms with Gasteiger partial charge in [-0.25, -0.2) is 18.2 Å². The average Bonchev–Trinajstić information content (AvgIpc) is 2.95. The van der Waals surface area contributed by atoms with Crippen LogP contribution in [0.5, 0.6) is 11.6 Å². The van der Waals surface area contributed by atoms with Crippen LogP contribution in [0.15, 0.2) is 45.8 Å². The molecule has 1 aromatic carbocycles. The number of carbonyl (C=O) groups is 1. The number of fused-ring (bicyclic) bond motifs is 1. The number of ether oxygens (including phenoxy) is 2. The van der Waals surface area contributed by atoms with Crippen LogP contribution in [0.25, 0.3) is 11.0 Å². The van der Waals surface area contributed by atoms with Crippen LogP contribution in [0.4, 0.5) is 0 Å². The summed E-state index contributed by atoms with van der Waals surface area (Å²) < 4.78 is 39.4. The maximum absolute atomic E-state index is 12.1. The van der Waals surface area contributed by atoms with E-state index in [1.807, 2.05) is 0 Å². The molecule has 0 unspecified atom stereocenters. The zero-order valence-corrected chi connectivity index (χ0v) is 15.3. The number of pyridine rings is 1. The lowest BCUT2D eigenvalue weighted by Crippen LogP contribution is -2.04. The van der Waals surface area contributed by atoms with Gasteiger partial charge in [-0.2, -0.15) is 0 Å². The largest absolute Gasteiger partial charge is 0.462 e. The predicted molar refractivity (Wildman–Crippen MR) is 94.3 cm³/mol. The number of esters is 1. The highest BCUT2D eigenvalue weighted by atomic mass is 32.2. The number of sulfone groups is 1. The van der Waals surface area contributed by atoms with E-state index in [0.717, 1.165) is 6.26 Å². The van der Waals surface area contributed by atoms with Crippen LogP contribution in [0.2, 0.25) is 0 Å². The van der Waals surface area contributed by atoms with E-state index in [2.05, 4.69) is 4.98 Å². The smallest absolute Gasteiger partial charge is 0.338 e. The molecule has 3 aromatic rings. The zero-order chi connectivity index (χ0) is 18.9. The zero-order valence-electron chi connectivity index (χ0n) is 14.5. The first-order chi connectivity index (χ1) is 12.3. The maximum Gasteiger partial charge on any atom is 0.338 e. The molecule has 136 valence electrons. The Morgan fingerprint density at radius 3 is 2.62 bits per heavy atom. The molecule has 3 rings (SSSR count). The molecule has 0 bridgehead atoms. The fourth-order valence-corrected chi connectivity index (χ4v) is 2.97. The number of carbonyl (C=O) groups excluding carboxylic acids is 1. The Bertz CT molecular complexity index is 1070. The summed E-state index contributed by atoms with van der Waals surface area (Å²) in [6, 6.07) is 7.77. The van der Waals surface area contributed by atoms with Crippen LogP contribution in [0, 0.1) is 6.92 Å². The van der Waals surface area contributed by atoms with Gasteiger partial charge in [0.2, 0.25) is 5.88 Å². The maximum atomic E-state index is 12.1. The standard InChI is InChI=1S/C18H17NO6S/c1-4-23-18(20)12-8-15-14(7-11(2)24-15)16(9-12)25-17-6-5-13(10-19-17)26(3,21)22/h5-10H,4H2,1-3H3. The van der Waals surface area contributed by atoms with Crippen molar-refractivity contribution in [1.82, 2.24) is 4.98 Å². The molecule has 0 amide bonds. The lowest BCUT2D eigenvalue weighted by molar-refractivity contribution is 0.0526. The van der Waals surface area contributed by atoms with Crippen molar-refractivity contribution < 1.29 is 27.1 Å². The van der Waals surface area contributed by atoms with Crippen molar-refractivity contribution in [2.24, 2.45) is 0 Å². The number of aryl methyl sites for hydroxylation is 1. The highest BCUT2D eigenvalue weighted by molar-refractivity contribution is 7.90. The van der Waals surface area contributed by atoms with Crippen molar-refractivity contribution in [3.63, 3.8) is 0 Å². The molecule has 0 aliphatic rings. The fraction of sp³-hybridized carbons (Fsp3) is 0.222. The third-order valence-corrected chi connectivity index (χ3v) is 4.68. The van der Waals surface area contributed by atoms with Crippen LogP contribution in [-0.2, 0) is 14.6 Å². The minimum absolute atomic E-state index is 0.0921. The van der Waals surface area contributed by atoms with Crippen LogP contribution in [-0.4, -0.2) is 32.2 Å². The highest BCUT2D eigenvalue weighted by Crippen LogP contribution is 2.33. The molecule has 8 heteroatoms. The van der Waals surface area contributed by atoms with Gasteiger partial charge < -0.3 is 13.9 Å². The van der Waals surface area contributed by atoms with Gasteiger partial charge in [0.15, 0.2) is 9.84 Å². The molecule has 0 saturated heterocycles. The summed E-state index contributed by atoms with van der Waals surface area (Å²) in [5.41, 5.74) is 0.771. The molecule has 26 heavy (non-hydrogen) atoms. The van der Waals surface area contributed by atoms with E-state index in [-0.39, 0.29) is 22.9 Å². The van der Waals surface area contributed by atoms with Crippen molar-refractivity contribution in [2.75, 3.05) is 12.9 Å². The first kappa shape index (κ1) is 17.9. The second kappa shape index (κ2) is 6.80. The predicted octanol–water partition coefficient (Wildman–Crippen LogP) is 3.51. The van der Waals surface area contributed by atoms with Crippen molar-refractivity contribution in [3.8, 4) is 11.6 Å². The van der Waals surface area contributed by atoms with E-state index in [1.54, 1.807) is 32.0 Å². The van der Waals surface area contributed by atoms with Crippen LogP contribution < -0.4 is 4.74 Å². The first-order valence-corrected chi connectivity index (χ1v) is 9.72. The lowest BCUT2D eigenvalue weighted by atomic mass is 10.1. The monoisotopic (exact) mass is 375 g/mol. The molecule has 0 aliphatic heterocycles. The van der Waals surface area contributed by atoms with Crippen molar-refractivity contribution in [3.05, 3.63) is 47.9 Å². The number of aromatic nitrogens is 1. The van der Waals surface area contributed by atoms with Gasteiger partial charge in [-0.3, -0.25) is 0 Å². The molecule has 0 saturated carbocycles. The van der Waals surface area contributed by atoms with Gasteiger partial charge in [0.25, 0.3) is 0 Å². The Hall–Kier alpha value is -2.87. The number of hydrogen-bond acceptors (Lipinski definition) is 7. The molecule has 7 nitrogen and oxygen atoms in total. The quantitative estimate of drug-likeness (QED) is 0.630. The van der Waals surface area contributed by atoms with E-state index in [4.69, 9.17) is 13.9 Å². The summed E-state index contributed by atoms with van der Waals surface area (Å²) in [4.78, 5) is 16.2. The van der Waals surface area contributed by atoms with Gasteiger partial charge >= 0.3 is 5.97 Å². The summed E-state index contributed by atoms with van der Waals surface area (Å²) in [5, 5.41) is 0.671. The van der Waals surface area contributed by atoms with Crippen molar-refractivity contribution >= 4 is 26.8 Å². The minimum Gasteiger partial charge on any atom is -0.462 e. The number of hydrogen-bond donors (Lipinski definition) is 0. The Morgan fingerprint density at radius 2 is 2.00 bits per heavy atom. The number of rotatable bonds is 5. The van der Waals surface area contributed by atoms with E-state index in [1.165, 1.54) is 18.3 Å². The summed E-state index contributed by atoms with van der Waals surface area (Å²) >= 11 is 0. The molecule has 0 fully saturated rings. The molecular weight excluding hydrogens is 358 g/mol. The average molecular weight is 375 g/mol. The highest BCUT2D eigenvalue weighted by Gasteiger charge is 2.16. The molecule has 2 heterocycles. The Kier molecular flexibility index (Phi) is 4.69. The van der Waals surface area contributed by atoms with E-state index in [0.29, 0.717) is 22.5 Å². The van der Waals surface area contributed by atoms with Gasteiger partial charge in [0.1, 0.15) is 17.1 Å². The van der Waals surface area contributed by atoms with Crippen molar-refractivity contribution in [2.45, 2.75) is 18.7 Å².